The lowest BCUT2D eigenvalue weighted by molar-refractivity contribution is 0.203. The molecule has 0 aromatic heterocycles. The van der Waals surface area contributed by atoms with E-state index in [1.807, 2.05) is 12.1 Å². The van der Waals surface area contributed by atoms with Gasteiger partial charge in [-0.1, -0.05) is 31.4 Å². The highest BCUT2D eigenvalue weighted by Gasteiger charge is 2.39. The van der Waals surface area contributed by atoms with Gasteiger partial charge in [0.2, 0.25) is 0 Å². The smallest absolute Gasteiger partial charge is 0.194 e. The molecule has 3 rings (SSSR count). The van der Waals surface area contributed by atoms with Crippen LogP contribution in [0.3, 0.4) is 0 Å². The van der Waals surface area contributed by atoms with E-state index < -0.39 is 9.84 Å². The number of nitrogens with zero attached hydrogens (tertiary/aromatic N) is 2. The number of hydrogen-bond donors (Lipinski definition) is 1. The second-order valence-electron chi connectivity index (χ2n) is 7.82. The van der Waals surface area contributed by atoms with Crippen LogP contribution in [0.1, 0.15) is 51.0 Å². The Labute approximate surface area is 157 Å². The van der Waals surface area contributed by atoms with Crippen LogP contribution < -0.4 is 5.32 Å². The van der Waals surface area contributed by atoms with Crippen molar-refractivity contribution in [3.05, 3.63) is 29.8 Å². The lowest BCUT2D eigenvalue weighted by atomic mass is 9.73. The maximum atomic E-state index is 11.6. The van der Waals surface area contributed by atoms with Crippen LogP contribution in [-0.2, 0) is 16.4 Å². The van der Waals surface area contributed by atoms with Gasteiger partial charge in [0.05, 0.1) is 11.4 Å². The molecule has 2 fully saturated rings. The zero-order valence-electron chi connectivity index (χ0n) is 16.0. The minimum atomic E-state index is -3.14. The monoisotopic (exact) mass is 377 g/mol. The molecule has 1 aromatic carbocycles. The van der Waals surface area contributed by atoms with E-state index in [4.69, 9.17) is 4.99 Å². The minimum absolute atomic E-state index is 0.357. The molecule has 2 aliphatic rings. The Morgan fingerprint density at radius 1 is 1.15 bits per heavy atom. The third-order valence-electron chi connectivity index (χ3n) is 5.75. The Kier molecular flexibility index (Phi) is 5.90. The highest BCUT2D eigenvalue weighted by Crippen LogP contribution is 2.43. The van der Waals surface area contributed by atoms with Crippen molar-refractivity contribution in [2.24, 2.45) is 10.4 Å². The molecule has 1 saturated heterocycles. The number of rotatable bonds is 4. The van der Waals surface area contributed by atoms with Gasteiger partial charge in [-0.2, -0.15) is 0 Å². The van der Waals surface area contributed by atoms with Crippen molar-refractivity contribution in [1.29, 1.82) is 0 Å². The van der Waals surface area contributed by atoms with Crippen LogP contribution >= 0.6 is 0 Å². The van der Waals surface area contributed by atoms with Crippen molar-refractivity contribution in [3.63, 3.8) is 0 Å². The first kappa shape index (κ1) is 19.2. The molecule has 1 aliphatic carbocycles. The van der Waals surface area contributed by atoms with Gasteiger partial charge in [0.25, 0.3) is 0 Å². The van der Waals surface area contributed by atoms with Gasteiger partial charge in [-0.05, 0) is 49.3 Å². The fourth-order valence-corrected chi connectivity index (χ4v) is 4.89. The maximum absolute atomic E-state index is 11.6. The molecule has 0 radical (unpaired) electrons. The summed E-state index contributed by atoms with van der Waals surface area (Å²) in [6.45, 7) is 5.72. The van der Waals surface area contributed by atoms with Crippen molar-refractivity contribution < 1.29 is 8.42 Å². The molecule has 1 saturated carbocycles. The molecule has 0 atom stereocenters. The van der Waals surface area contributed by atoms with Gasteiger partial charge in [0, 0.05) is 25.9 Å². The van der Waals surface area contributed by atoms with Crippen molar-refractivity contribution in [1.82, 2.24) is 10.2 Å². The molecular formula is C20H31N3O2S. The van der Waals surface area contributed by atoms with Gasteiger partial charge in [-0.3, -0.25) is 0 Å². The molecule has 0 unspecified atom stereocenters. The van der Waals surface area contributed by atoms with Crippen LogP contribution in [0.15, 0.2) is 34.2 Å². The summed E-state index contributed by atoms with van der Waals surface area (Å²) >= 11 is 0. The summed E-state index contributed by atoms with van der Waals surface area (Å²) in [4.78, 5) is 7.59. The van der Waals surface area contributed by atoms with Gasteiger partial charge < -0.3 is 10.2 Å². The minimum Gasteiger partial charge on any atom is -0.357 e. The van der Waals surface area contributed by atoms with E-state index in [-0.39, 0.29) is 0 Å². The average molecular weight is 378 g/mol. The van der Waals surface area contributed by atoms with Gasteiger partial charge in [-0.25, -0.2) is 13.4 Å². The molecule has 26 heavy (non-hydrogen) atoms. The molecule has 0 bridgehead atoms. The average Bonchev–Trinajstić information content (AvgIpc) is 3.02. The zero-order valence-corrected chi connectivity index (χ0v) is 16.8. The van der Waals surface area contributed by atoms with Gasteiger partial charge in [0.1, 0.15) is 0 Å². The van der Waals surface area contributed by atoms with Crippen molar-refractivity contribution >= 4 is 15.8 Å². The molecule has 1 spiro atoms. The standard InChI is InChI=1S/C20H31N3O2S/c1-3-21-19(23-14-13-20(16-23)11-5-4-6-12-20)22-15-17-7-9-18(10-8-17)26(2,24)25/h7-10H,3-6,11-16H2,1-2H3,(H,21,22). The largest absolute Gasteiger partial charge is 0.357 e. The molecule has 0 amide bonds. The first-order chi connectivity index (χ1) is 12.4. The lowest BCUT2D eigenvalue weighted by Crippen LogP contribution is -2.41. The third-order valence-corrected chi connectivity index (χ3v) is 6.88. The first-order valence-corrected chi connectivity index (χ1v) is 11.6. The van der Waals surface area contributed by atoms with Crippen LogP contribution in [-0.4, -0.2) is 45.2 Å². The van der Waals surface area contributed by atoms with Gasteiger partial charge in [-0.15, -0.1) is 0 Å². The highest BCUT2D eigenvalue weighted by atomic mass is 32.2. The molecule has 1 aliphatic heterocycles. The first-order valence-electron chi connectivity index (χ1n) is 9.74. The fraction of sp³-hybridized carbons (Fsp3) is 0.650. The quantitative estimate of drug-likeness (QED) is 0.646. The predicted octanol–water partition coefficient (Wildman–Crippen LogP) is 3.21. The Balaban J connectivity index is 1.68. The number of aliphatic imine (C=N–C) groups is 1. The van der Waals surface area contributed by atoms with Gasteiger partial charge in [0.15, 0.2) is 15.8 Å². The normalized spacial score (nSPS) is 20.5. The maximum Gasteiger partial charge on any atom is 0.194 e. The molecule has 1 heterocycles. The zero-order chi connectivity index (χ0) is 18.6. The summed E-state index contributed by atoms with van der Waals surface area (Å²) in [5.41, 5.74) is 1.53. The number of hydrogen-bond acceptors (Lipinski definition) is 3. The Bertz CT molecular complexity index is 735. The van der Waals surface area contributed by atoms with E-state index in [0.29, 0.717) is 16.9 Å². The van der Waals surface area contributed by atoms with Crippen LogP contribution in [0.4, 0.5) is 0 Å². The van der Waals surface area contributed by atoms with E-state index in [1.54, 1.807) is 12.1 Å². The highest BCUT2D eigenvalue weighted by molar-refractivity contribution is 7.90. The van der Waals surface area contributed by atoms with Crippen LogP contribution in [0, 0.1) is 5.41 Å². The number of nitrogens with one attached hydrogen (secondary N) is 1. The fourth-order valence-electron chi connectivity index (χ4n) is 4.26. The summed E-state index contributed by atoms with van der Waals surface area (Å²) in [6.07, 6.45) is 9.35. The molecule has 1 aromatic rings. The third kappa shape index (κ3) is 4.58. The van der Waals surface area contributed by atoms with Crippen molar-refractivity contribution in [2.45, 2.75) is 56.9 Å². The van der Waals surface area contributed by atoms with E-state index in [9.17, 15) is 8.42 Å². The Hall–Kier alpha value is -1.56. The number of sulfone groups is 1. The summed E-state index contributed by atoms with van der Waals surface area (Å²) < 4.78 is 23.1. The number of benzene rings is 1. The van der Waals surface area contributed by atoms with E-state index >= 15 is 0 Å². The molecule has 1 N–H and O–H groups in total. The van der Waals surface area contributed by atoms with E-state index in [0.717, 1.165) is 31.2 Å². The summed E-state index contributed by atoms with van der Waals surface area (Å²) in [6, 6.07) is 7.05. The molecular weight excluding hydrogens is 346 g/mol. The summed E-state index contributed by atoms with van der Waals surface area (Å²) in [7, 11) is -3.14. The van der Waals surface area contributed by atoms with Crippen molar-refractivity contribution in [3.8, 4) is 0 Å². The predicted molar refractivity (Wildman–Crippen MR) is 106 cm³/mol. The van der Waals surface area contributed by atoms with E-state index in [1.165, 1.54) is 44.8 Å². The molecule has 144 valence electrons. The second kappa shape index (κ2) is 7.99. The Morgan fingerprint density at radius 3 is 2.46 bits per heavy atom. The van der Waals surface area contributed by atoms with Crippen LogP contribution in [0.2, 0.25) is 0 Å². The van der Waals surface area contributed by atoms with Crippen LogP contribution in [0.5, 0.6) is 0 Å². The SMILES string of the molecule is CCNC(=NCc1ccc(S(C)(=O)=O)cc1)N1CCC2(CCCCC2)C1. The summed E-state index contributed by atoms with van der Waals surface area (Å²) in [5.74, 6) is 0.988. The molecule has 5 nitrogen and oxygen atoms in total. The topological polar surface area (TPSA) is 61.8 Å². The van der Waals surface area contributed by atoms with Gasteiger partial charge >= 0.3 is 0 Å². The Morgan fingerprint density at radius 2 is 1.85 bits per heavy atom. The van der Waals surface area contributed by atoms with Crippen LogP contribution in [0.25, 0.3) is 0 Å². The van der Waals surface area contributed by atoms with Crippen molar-refractivity contribution in [2.75, 3.05) is 25.9 Å². The number of likely N-dealkylation sites (tertiary alicyclic amines) is 1. The summed E-state index contributed by atoms with van der Waals surface area (Å²) in [5, 5.41) is 3.43. The molecule has 6 heteroatoms. The second-order valence-corrected chi connectivity index (χ2v) is 9.83. The lowest BCUT2D eigenvalue weighted by Gasteiger charge is -2.33. The van der Waals surface area contributed by atoms with E-state index in [2.05, 4.69) is 17.1 Å². The number of guanidine groups is 1.